The van der Waals surface area contributed by atoms with Crippen molar-refractivity contribution >= 4 is 22.5 Å². The molecule has 0 radical (unpaired) electrons. The number of carbonyl (C=O) groups excluding carboxylic acids is 1. The van der Waals surface area contributed by atoms with Crippen molar-refractivity contribution in [3.8, 4) is 11.1 Å². The molecule has 4 rings (SSSR count). The molecule has 1 saturated heterocycles. The smallest absolute Gasteiger partial charge is 0.226 e. The van der Waals surface area contributed by atoms with Crippen molar-refractivity contribution < 1.29 is 9.53 Å². The van der Waals surface area contributed by atoms with E-state index in [1.165, 1.54) is 0 Å². The summed E-state index contributed by atoms with van der Waals surface area (Å²) in [6.07, 6.45) is 6.07. The van der Waals surface area contributed by atoms with Crippen molar-refractivity contribution in [1.82, 2.24) is 19.7 Å². The van der Waals surface area contributed by atoms with Crippen LogP contribution in [0, 0.1) is 0 Å². The molecule has 1 aliphatic heterocycles. The number of fused-ring (bicyclic) bond motifs is 1. The minimum Gasteiger partial charge on any atom is -0.379 e. The Kier molecular flexibility index (Phi) is 5.13. The molecule has 3 heterocycles. The maximum Gasteiger partial charge on any atom is 0.226 e. The van der Waals surface area contributed by atoms with Crippen molar-refractivity contribution in [3.05, 3.63) is 42.9 Å². The Morgan fingerprint density at radius 2 is 2.00 bits per heavy atom. The number of hydrogen-bond donors (Lipinski definition) is 1. The van der Waals surface area contributed by atoms with Crippen LogP contribution in [0.25, 0.3) is 21.9 Å². The van der Waals surface area contributed by atoms with Crippen molar-refractivity contribution in [3.63, 3.8) is 0 Å². The third-order valence-electron chi connectivity index (χ3n) is 4.79. The number of anilines is 1. The number of hydrogen-bond acceptors (Lipinski definition) is 5. The van der Waals surface area contributed by atoms with Crippen LogP contribution in [0.5, 0.6) is 0 Å². The first-order valence-corrected chi connectivity index (χ1v) is 9.16. The van der Waals surface area contributed by atoms with Crippen molar-refractivity contribution in [2.24, 2.45) is 7.05 Å². The van der Waals surface area contributed by atoms with E-state index >= 15 is 0 Å². The second-order valence-corrected chi connectivity index (χ2v) is 6.79. The van der Waals surface area contributed by atoms with Crippen LogP contribution < -0.4 is 5.32 Å². The summed E-state index contributed by atoms with van der Waals surface area (Å²) in [6.45, 7) is 4.01. The van der Waals surface area contributed by atoms with Gasteiger partial charge in [-0.1, -0.05) is 12.1 Å². The highest BCUT2D eigenvalue weighted by atomic mass is 16.5. The molecule has 1 aromatic carbocycles. The van der Waals surface area contributed by atoms with Crippen molar-refractivity contribution in [2.75, 3.05) is 38.2 Å². The number of pyridine rings is 1. The van der Waals surface area contributed by atoms with Gasteiger partial charge in [0.1, 0.15) is 5.82 Å². The third kappa shape index (κ3) is 4.32. The molecule has 2 aromatic heterocycles. The van der Waals surface area contributed by atoms with Gasteiger partial charge in [0.05, 0.1) is 19.4 Å². The number of nitrogens with one attached hydrogen (secondary N) is 1. The van der Waals surface area contributed by atoms with E-state index in [1.54, 1.807) is 10.9 Å². The van der Waals surface area contributed by atoms with Gasteiger partial charge in [-0.05, 0) is 23.1 Å². The average molecular weight is 365 g/mol. The molecular weight excluding hydrogens is 342 g/mol. The van der Waals surface area contributed by atoms with Crippen LogP contribution in [0.1, 0.15) is 6.42 Å². The Morgan fingerprint density at radius 1 is 1.15 bits per heavy atom. The number of aromatic nitrogens is 3. The summed E-state index contributed by atoms with van der Waals surface area (Å²) in [7, 11) is 1.90. The third-order valence-corrected chi connectivity index (χ3v) is 4.79. The molecule has 0 saturated carbocycles. The second kappa shape index (κ2) is 7.85. The van der Waals surface area contributed by atoms with Gasteiger partial charge in [-0.2, -0.15) is 5.10 Å². The first-order valence-electron chi connectivity index (χ1n) is 9.16. The van der Waals surface area contributed by atoms with E-state index in [2.05, 4.69) is 32.4 Å². The second-order valence-electron chi connectivity index (χ2n) is 6.79. The van der Waals surface area contributed by atoms with Crippen LogP contribution in [0.2, 0.25) is 0 Å². The molecule has 1 N–H and O–H groups in total. The van der Waals surface area contributed by atoms with Gasteiger partial charge in [0.25, 0.3) is 0 Å². The Balaban J connectivity index is 1.44. The molecule has 0 unspecified atom stereocenters. The van der Waals surface area contributed by atoms with Gasteiger partial charge in [0.15, 0.2) is 0 Å². The van der Waals surface area contributed by atoms with E-state index in [0.29, 0.717) is 12.2 Å². The zero-order valence-electron chi connectivity index (χ0n) is 15.4. The number of carbonyl (C=O) groups is 1. The molecule has 0 aliphatic carbocycles. The Morgan fingerprint density at radius 3 is 2.78 bits per heavy atom. The van der Waals surface area contributed by atoms with Gasteiger partial charge in [-0.15, -0.1) is 0 Å². The Labute approximate surface area is 157 Å². The van der Waals surface area contributed by atoms with E-state index in [-0.39, 0.29) is 5.91 Å². The van der Waals surface area contributed by atoms with Gasteiger partial charge in [0.2, 0.25) is 5.91 Å². The number of ether oxygens (including phenoxy) is 1. The lowest BCUT2D eigenvalue weighted by atomic mass is 10.1. The number of benzene rings is 1. The summed E-state index contributed by atoms with van der Waals surface area (Å²) in [6, 6.07) is 8.11. The predicted octanol–water partition coefficient (Wildman–Crippen LogP) is 2.30. The predicted molar refractivity (Wildman–Crippen MR) is 104 cm³/mol. The van der Waals surface area contributed by atoms with Crippen LogP contribution in [0.4, 0.5) is 5.82 Å². The highest BCUT2D eigenvalue weighted by Gasteiger charge is 2.12. The molecule has 7 nitrogen and oxygen atoms in total. The highest BCUT2D eigenvalue weighted by molar-refractivity contribution is 5.94. The highest BCUT2D eigenvalue weighted by Crippen LogP contribution is 2.25. The minimum absolute atomic E-state index is 0.0169. The number of morpholine rings is 1. The van der Waals surface area contributed by atoms with Crippen LogP contribution >= 0.6 is 0 Å². The fourth-order valence-electron chi connectivity index (χ4n) is 3.25. The zero-order valence-corrected chi connectivity index (χ0v) is 15.4. The van der Waals surface area contributed by atoms with Crippen LogP contribution in [-0.4, -0.2) is 58.4 Å². The normalized spacial score (nSPS) is 15.1. The van der Waals surface area contributed by atoms with Crippen LogP contribution in [0.15, 0.2) is 42.9 Å². The summed E-state index contributed by atoms with van der Waals surface area (Å²) in [5.41, 5.74) is 2.15. The average Bonchev–Trinajstić information content (AvgIpc) is 3.13. The SMILES string of the molecule is Cn1cc(-c2ccc3cnc(NC(=O)CCN4CCOCC4)cc3c2)cn1. The topological polar surface area (TPSA) is 72.3 Å². The van der Waals surface area contributed by atoms with E-state index < -0.39 is 0 Å². The van der Waals surface area contributed by atoms with E-state index in [4.69, 9.17) is 4.74 Å². The first kappa shape index (κ1) is 17.6. The zero-order chi connectivity index (χ0) is 18.6. The lowest BCUT2D eigenvalue weighted by Gasteiger charge is -2.26. The van der Waals surface area contributed by atoms with Gasteiger partial charge >= 0.3 is 0 Å². The minimum atomic E-state index is -0.0169. The molecule has 27 heavy (non-hydrogen) atoms. The molecule has 7 heteroatoms. The lowest BCUT2D eigenvalue weighted by molar-refractivity contribution is -0.116. The van der Waals surface area contributed by atoms with E-state index in [9.17, 15) is 4.79 Å². The van der Waals surface area contributed by atoms with E-state index in [0.717, 1.165) is 54.7 Å². The number of aryl methyl sites for hydroxylation is 1. The molecule has 140 valence electrons. The fourth-order valence-corrected chi connectivity index (χ4v) is 3.25. The van der Waals surface area contributed by atoms with Gasteiger partial charge in [-0.25, -0.2) is 4.98 Å². The number of nitrogens with zero attached hydrogens (tertiary/aromatic N) is 4. The standard InChI is InChI=1S/C20H23N5O2/c1-24-14-18(13-22-24)15-2-3-16-12-21-19(11-17(16)10-15)23-20(26)4-5-25-6-8-27-9-7-25/h2-3,10-14H,4-9H2,1H3,(H,21,23,26). The molecule has 3 aromatic rings. The molecule has 1 aliphatic rings. The van der Waals surface area contributed by atoms with Gasteiger partial charge in [0, 0.05) is 56.4 Å². The summed E-state index contributed by atoms with van der Waals surface area (Å²) in [4.78, 5) is 18.9. The Bertz CT molecular complexity index is 946. The number of rotatable bonds is 5. The molecule has 1 amide bonds. The van der Waals surface area contributed by atoms with Gasteiger partial charge in [-0.3, -0.25) is 14.4 Å². The molecule has 1 fully saturated rings. The van der Waals surface area contributed by atoms with Crippen LogP contribution in [-0.2, 0) is 16.6 Å². The largest absolute Gasteiger partial charge is 0.379 e. The molecule has 0 bridgehead atoms. The molecule has 0 atom stereocenters. The quantitative estimate of drug-likeness (QED) is 0.751. The molecule has 0 spiro atoms. The van der Waals surface area contributed by atoms with Crippen molar-refractivity contribution in [1.29, 1.82) is 0 Å². The van der Waals surface area contributed by atoms with E-state index in [1.807, 2.05) is 31.6 Å². The summed E-state index contributed by atoms with van der Waals surface area (Å²) in [5.74, 6) is 0.564. The molecular formula is C20H23N5O2. The fraction of sp³-hybridized carbons (Fsp3) is 0.350. The summed E-state index contributed by atoms with van der Waals surface area (Å²) in [5, 5.41) is 9.21. The van der Waals surface area contributed by atoms with Crippen LogP contribution in [0.3, 0.4) is 0 Å². The number of amides is 1. The van der Waals surface area contributed by atoms with Crippen molar-refractivity contribution in [2.45, 2.75) is 6.42 Å². The lowest BCUT2D eigenvalue weighted by Crippen LogP contribution is -2.38. The maximum atomic E-state index is 12.3. The summed E-state index contributed by atoms with van der Waals surface area (Å²) < 4.78 is 7.11. The van der Waals surface area contributed by atoms with Gasteiger partial charge < -0.3 is 10.1 Å². The summed E-state index contributed by atoms with van der Waals surface area (Å²) >= 11 is 0. The first-order chi connectivity index (χ1) is 13.2. The maximum absolute atomic E-state index is 12.3. The Hall–Kier alpha value is -2.77. The monoisotopic (exact) mass is 365 g/mol.